The molecular weight excluding hydrogens is 554 g/mol. The average Bonchev–Trinajstić information content (AvgIpc) is 3.58. The van der Waals surface area contributed by atoms with Crippen LogP contribution in [0, 0.1) is 11.3 Å². The Hall–Kier alpha value is -3.44. The third kappa shape index (κ3) is 9.29. The maximum Gasteiger partial charge on any atom is 0.251 e. The van der Waals surface area contributed by atoms with Gasteiger partial charge in [0, 0.05) is 37.8 Å². The SMILES string of the molecule is CCC[C@H](NCCNC(=O)c1cc(C(=O)N[C@H](C)c2ccccc2)cc(N(C)S(C)(=O)=O)c1)C(=O)NCC1CC1(C)C. The molecular formula is C31H45N5O5S. The number of amides is 3. The highest BCUT2D eigenvalue weighted by molar-refractivity contribution is 7.92. The van der Waals surface area contributed by atoms with E-state index in [0.29, 0.717) is 30.8 Å². The number of nitrogens with zero attached hydrogens (tertiary/aromatic N) is 1. The molecule has 1 aliphatic carbocycles. The summed E-state index contributed by atoms with van der Waals surface area (Å²) in [5, 5.41) is 12.0. The summed E-state index contributed by atoms with van der Waals surface area (Å²) in [6.45, 7) is 9.53. The highest BCUT2D eigenvalue weighted by Gasteiger charge is 2.45. The van der Waals surface area contributed by atoms with Gasteiger partial charge in [-0.3, -0.25) is 18.7 Å². The molecule has 0 aliphatic heterocycles. The molecule has 0 heterocycles. The normalized spacial score (nSPS) is 17.0. The van der Waals surface area contributed by atoms with Crippen LogP contribution in [0.5, 0.6) is 0 Å². The largest absolute Gasteiger partial charge is 0.354 e. The lowest BCUT2D eigenvalue weighted by Crippen LogP contribution is -2.47. The maximum atomic E-state index is 13.2. The second-order valence-electron chi connectivity index (χ2n) is 11.8. The Morgan fingerprint density at radius 3 is 2.19 bits per heavy atom. The van der Waals surface area contributed by atoms with Gasteiger partial charge in [0.1, 0.15) is 0 Å². The number of carbonyl (C=O) groups is 3. The van der Waals surface area contributed by atoms with Crippen molar-refractivity contribution in [2.75, 3.05) is 37.2 Å². The Bertz CT molecular complexity index is 1360. The van der Waals surface area contributed by atoms with Gasteiger partial charge >= 0.3 is 0 Å². The number of hydrogen-bond donors (Lipinski definition) is 4. The summed E-state index contributed by atoms with van der Waals surface area (Å²) in [5.41, 5.74) is 1.70. The lowest BCUT2D eigenvalue weighted by Gasteiger charge is -2.20. The van der Waals surface area contributed by atoms with Gasteiger partial charge in [0.2, 0.25) is 15.9 Å². The molecule has 3 amide bonds. The number of rotatable bonds is 15. The predicted octanol–water partition coefficient (Wildman–Crippen LogP) is 3.22. The van der Waals surface area contributed by atoms with E-state index in [0.717, 1.165) is 29.0 Å². The lowest BCUT2D eigenvalue weighted by molar-refractivity contribution is -0.123. The molecule has 1 fully saturated rings. The van der Waals surface area contributed by atoms with Crippen molar-refractivity contribution < 1.29 is 22.8 Å². The summed E-state index contributed by atoms with van der Waals surface area (Å²) >= 11 is 0. The molecule has 0 saturated heterocycles. The van der Waals surface area contributed by atoms with Gasteiger partial charge in [-0.05, 0) is 54.9 Å². The van der Waals surface area contributed by atoms with Crippen LogP contribution < -0.4 is 25.6 Å². The van der Waals surface area contributed by atoms with Crippen LogP contribution in [0.3, 0.4) is 0 Å². The molecule has 3 atom stereocenters. The minimum absolute atomic E-state index is 0.0391. The molecule has 42 heavy (non-hydrogen) atoms. The van der Waals surface area contributed by atoms with Crippen LogP contribution in [-0.4, -0.2) is 65.1 Å². The second-order valence-corrected chi connectivity index (χ2v) is 13.8. The van der Waals surface area contributed by atoms with Crippen LogP contribution in [0.4, 0.5) is 5.69 Å². The zero-order chi connectivity index (χ0) is 31.1. The first kappa shape index (κ1) is 33.1. The molecule has 0 spiro atoms. The third-order valence-corrected chi connectivity index (χ3v) is 9.09. The molecule has 11 heteroatoms. The van der Waals surface area contributed by atoms with Crippen LogP contribution in [-0.2, 0) is 14.8 Å². The molecule has 0 radical (unpaired) electrons. The van der Waals surface area contributed by atoms with Gasteiger partial charge in [0.05, 0.1) is 24.0 Å². The summed E-state index contributed by atoms with van der Waals surface area (Å²) < 4.78 is 25.5. The van der Waals surface area contributed by atoms with Crippen molar-refractivity contribution in [3.8, 4) is 0 Å². The maximum absolute atomic E-state index is 13.2. The quantitative estimate of drug-likeness (QED) is 0.232. The van der Waals surface area contributed by atoms with E-state index in [9.17, 15) is 22.8 Å². The van der Waals surface area contributed by atoms with Crippen LogP contribution >= 0.6 is 0 Å². The predicted molar refractivity (Wildman–Crippen MR) is 166 cm³/mol. The fourth-order valence-corrected chi connectivity index (χ4v) is 5.25. The molecule has 0 aromatic heterocycles. The van der Waals surface area contributed by atoms with Crippen molar-refractivity contribution in [1.29, 1.82) is 0 Å². The second kappa shape index (κ2) is 14.2. The molecule has 3 rings (SSSR count). The van der Waals surface area contributed by atoms with Crippen molar-refractivity contribution in [1.82, 2.24) is 21.3 Å². The van der Waals surface area contributed by atoms with Crippen molar-refractivity contribution in [3.05, 3.63) is 65.2 Å². The number of nitrogens with one attached hydrogen (secondary N) is 4. The van der Waals surface area contributed by atoms with Gasteiger partial charge in [-0.2, -0.15) is 0 Å². The number of benzene rings is 2. The van der Waals surface area contributed by atoms with Gasteiger partial charge in [-0.25, -0.2) is 8.42 Å². The van der Waals surface area contributed by atoms with Crippen LogP contribution in [0.1, 0.15) is 79.3 Å². The minimum atomic E-state index is -3.64. The van der Waals surface area contributed by atoms with E-state index >= 15 is 0 Å². The van der Waals surface area contributed by atoms with E-state index in [2.05, 4.69) is 35.1 Å². The van der Waals surface area contributed by atoms with Crippen LogP contribution in [0.25, 0.3) is 0 Å². The molecule has 1 saturated carbocycles. The van der Waals surface area contributed by atoms with E-state index in [4.69, 9.17) is 0 Å². The van der Waals surface area contributed by atoms with Gasteiger partial charge in [0.25, 0.3) is 11.8 Å². The molecule has 2 aromatic rings. The Morgan fingerprint density at radius 1 is 1.00 bits per heavy atom. The summed E-state index contributed by atoms with van der Waals surface area (Å²) in [4.78, 5) is 39.0. The van der Waals surface area contributed by atoms with Crippen LogP contribution in [0.15, 0.2) is 48.5 Å². The number of carbonyl (C=O) groups excluding carboxylic acids is 3. The summed E-state index contributed by atoms with van der Waals surface area (Å²) in [6.07, 6.45) is 3.67. The standard InChI is InChI=1S/C31H45N5O5S/c1-7-11-27(30(39)34-20-25-19-31(25,3)4)32-14-15-33-28(37)23-16-24(18-26(17-23)36(5)42(6,40)41)29(38)35-21(2)22-12-9-8-10-13-22/h8-10,12-13,16-18,21,25,27,32H,7,11,14-15,19-20H2,1-6H3,(H,33,37)(H,34,39)(H,35,38)/t21-,25?,27+/m1/s1. The minimum Gasteiger partial charge on any atom is -0.354 e. The molecule has 1 aliphatic rings. The summed E-state index contributed by atoms with van der Waals surface area (Å²) in [5.74, 6) is -0.427. The lowest BCUT2D eigenvalue weighted by atomic mass is 10.1. The van der Waals surface area contributed by atoms with E-state index in [1.54, 1.807) is 0 Å². The monoisotopic (exact) mass is 599 g/mol. The average molecular weight is 600 g/mol. The van der Waals surface area contributed by atoms with Crippen molar-refractivity contribution >= 4 is 33.4 Å². The smallest absolute Gasteiger partial charge is 0.251 e. The fraction of sp³-hybridized carbons (Fsp3) is 0.516. The van der Waals surface area contributed by atoms with Gasteiger partial charge < -0.3 is 21.3 Å². The Labute approximate surface area is 250 Å². The number of anilines is 1. The van der Waals surface area contributed by atoms with E-state index in [-0.39, 0.29) is 41.3 Å². The highest BCUT2D eigenvalue weighted by atomic mass is 32.2. The topological polar surface area (TPSA) is 137 Å². The van der Waals surface area contributed by atoms with E-state index in [1.165, 1.54) is 25.2 Å². The zero-order valence-corrected chi connectivity index (χ0v) is 26.3. The third-order valence-electron chi connectivity index (χ3n) is 7.89. The molecule has 2 aromatic carbocycles. The van der Waals surface area contributed by atoms with Gasteiger partial charge in [0.15, 0.2) is 0 Å². The fourth-order valence-electron chi connectivity index (χ4n) is 4.76. The van der Waals surface area contributed by atoms with Gasteiger partial charge in [-0.15, -0.1) is 0 Å². The molecule has 230 valence electrons. The zero-order valence-electron chi connectivity index (χ0n) is 25.5. The first-order valence-corrected chi connectivity index (χ1v) is 16.3. The molecule has 10 nitrogen and oxygen atoms in total. The Morgan fingerprint density at radius 2 is 1.62 bits per heavy atom. The van der Waals surface area contributed by atoms with E-state index in [1.807, 2.05) is 44.2 Å². The van der Waals surface area contributed by atoms with Crippen molar-refractivity contribution in [2.45, 2.75) is 59.0 Å². The number of hydrogen-bond acceptors (Lipinski definition) is 6. The van der Waals surface area contributed by atoms with Crippen molar-refractivity contribution in [3.63, 3.8) is 0 Å². The summed E-state index contributed by atoms with van der Waals surface area (Å²) in [6, 6.07) is 13.1. The Kier molecular flexibility index (Phi) is 11.1. The molecule has 4 N–H and O–H groups in total. The molecule has 1 unspecified atom stereocenters. The Balaban J connectivity index is 1.65. The first-order chi connectivity index (χ1) is 19.7. The summed E-state index contributed by atoms with van der Waals surface area (Å²) in [7, 11) is -2.27. The van der Waals surface area contributed by atoms with E-state index < -0.39 is 21.8 Å². The van der Waals surface area contributed by atoms with Crippen molar-refractivity contribution in [2.24, 2.45) is 11.3 Å². The highest BCUT2D eigenvalue weighted by Crippen LogP contribution is 2.50. The number of sulfonamides is 1. The van der Waals surface area contributed by atoms with Crippen LogP contribution in [0.2, 0.25) is 0 Å². The first-order valence-electron chi connectivity index (χ1n) is 14.5. The van der Waals surface area contributed by atoms with Gasteiger partial charge in [-0.1, -0.05) is 57.5 Å². The molecule has 0 bridgehead atoms.